The summed E-state index contributed by atoms with van der Waals surface area (Å²) in [6.45, 7) is 4.96. The molecule has 2 N–H and O–H groups in total. The van der Waals surface area contributed by atoms with Crippen LogP contribution < -0.4 is 10.6 Å². The number of nitrogens with one attached hydrogen (secondary N) is 2. The van der Waals surface area contributed by atoms with Crippen molar-refractivity contribution in [3.8, 4) is 0 Å². The van der Waals surface area contributed by atoms with Gasteiger partial charge in [-0.1, -0.05) is 25.5 Å². The highest BCUT2D eigenvalue weighted by Crippen LogP contribution is 2.18. The molecule has 1 heterocycles. The Bertz CT molecular complexity index is 731. The molecule has 132 valence electrons. The van der Waals surface area contributed by atoms with Crippen molar-refractivity contribution in [1.82, 2.24) is 4.98 Å². The van der Waals surface area contributed by atoms with Crippen molar-refractivity contribution < 1.29 is 14.3 Å². The Morgan fingerprint density at radius 3 is 2.72 bits per heavy atom. The molecule has 0 aliphatic rings. The summed E-state index contributed by atoms with van der Waals surface area (Å²) in [7, 11) is 0. The van der Waals surface area contributed by atoms with Crippen molar-refractivity contribution in [2.24, 2.45) is 0 Å². The Balaban J connectivity index is 2.12. The number of ether oxygens (including phenoxy) is 1. The van der Waals surface area contributed by atoms with Crippen LogP contribution in [-0.2, 0) is 4.74 Å². The number of para-hydroxylation sites is 1. The molecule has 0 spiro atoms. The first-order chi connectivity index (χ1) is 12.2. The first-order valence-corrected chi connectivity index (χ1v) is 8.42. The van der Waals surface area contributed by atoms with Crippen LogP contribution >= 0.6 is 0 Å². The van der Waals surface area contributed by atoms with E-state index >= 15 is 0 Å². The fraction of sp³-hybridized carbons (Fsp3) is 0.316. The van der Waals surface area contributed by atoms with E-state index in [9.17, 15) is 9.59 Å². The van der Waals surface area contributed by atoms with Crippen LogP contribution in [0.4, 0.5) is 11.4 Å². The van der Waals surface area contributed by atoms with E-state index in [1.165, 1.54) is 6.20 Å². The van der Waals surface area contributed by atoms with Crippen molar-refractivity contribution >= 4 is 23.3 Å². The molecule has 0 unspecified atom stereocenters. The van der Waals surface area contributed by atoms with Crippen molar-refractivity contribution in [2.75, 3.05) is 23.8 Å². The Labute approximate surface area is 147 Å². The lowest BCUT2D eigenvalue weighted by Gasteiger charge is -2.11. The average molecular weight is 341 g/mol. The van der Waals surface area contributed by atoms with Gasteiger partial charge in [0.15, 0.2) is 0 Å². The number of aromatic nitrogens is 1. The van der Waals surface area contributed by atoms with Crippen LogP contribution in [0.1, 0.15) is 47.4 Å². The molecule has 1 amide bonds. The molecule has 0 saturated heterocycles. The first-order valence-electron chi connectivity index (χ1n) is 8.42. The number of unbranched alkanes of at least 4 members (excludes halogenated alkanes) is 1. The van der Waals surface area contributed by atoms with E-state index < -0.39 is 5.97 Å². The lowest BCUT2D eigenvalue weighted by molar-refractivity contribution is 0.0527. The summed E-state index contributed by atoms with van der Waals surface area (Å²) in [4.78, 5) is 28.6. The van der Waals surface area contributed by atoms with E-state index in [2.05, 4.69) is 22.5 Å². The van der Waals surface area contributed by atoms with Gasteiger partial charge in [-0.2, -0.15) is 0 Å². The van der Waals surface area contributed by atoms with Gasteiger partial charge in [0.1, 0.15) is 0 Å². The molecule has 0 aliphatic carbocycles. The smallest absolute Gasteiger partial charge is 0.340 e. The van der Waals surface area contributed by atoms with Crippen LogP contribution in [0, 0.1) is 0 Å². The molecule has 0 radical (unpaired) electrons. The minimum absolute atomic E-state index is 0.274. The molecule has 0 saturated carbocycles. The first kappa shape index (κ1) is 18.4. The summed E-state index contributed by atoms with van der Waals surface area (Å²) >= 11 is 0. The maximum Gasteiger partial charge on any atom is 0.340 e. The Hall–Kier alpha value is -2.89. The fourth-order valence-electron chi connectivity index (χ4n) is 2.24. The minimum atomic E-state index is -0.466. The van der Waals surface area contributed by atoms with Crippen molar-refractivity contribution in [3.63, 3.8) is 0 Å². The van der Waals surface area contributed by atoms with Crippen LogP contribution in [-0.4, -0.2) is 30.0 Å². The molecule has 6 nitrogen and oxygen atoms in total. The number of hydrogen-bond acceptors (Lipinski definition) is 5. The highest BCUT2D eigenvalue weighted by atomic mass is 16.5. The van der Waals surface area contributed by atoms with Crippen LogP contribution in [0.3, 0.4) is 0 Å². The van der Waals surface area contributed by atoms with Crippen molar-refractivity contribution in [3.05, 3.63) is 53.9 Å². The maximum atomic E-state index is 12.5. The Kier molecular flexibility index (Phi) is 6.95. The number of carbonyl (C=O) groups excluding carboxylic acids is 2. The SMILES string of the molecule is CCCCNc1cncc(C(=O)Nc2ccccc2C(=O)OCC)c1. The summed E-state index contributed by atoms with van der Waals surface area (Å²) in [5, 5.41) is 5.99. The molecular formula is C19H23N3O3. The molecule has 2 aromatic rings. The highest BCUT2D eigenvalue weighted by Gasteiger charge is 2.15. The number of esters is 1. The van der Waals surface area contributed by atoms with Gasteiger partial charge in [0.2, 0.25) is 0 Å². The van der Waals surface area contributed by atoms with E-state index in [1.807, 2.05) is 0 Å². The quantitative estimate of drug-likeness (QED) is 0.565. The predicted octanol–water partition coefficient (Wildman–Crippen LogP) is 3.72. The third-order valence-corrected chi connectivity index (χ3v) is 3.53. The molecule has 25 heavy (non-hydrogen) atoms. The number of pyridine rings is 1. The van der Waals surface area contributed by atoms with Gasteiger partial charge in [0, 0.05) is 18.9 Å². The van der Waals surface area contributed by atoms with E-state index in [0.717, 1.165) is 25.1 Å². The zero-order valence-electron chi connectivity index (χ0n) is 14.5. The number of nitrogens with zero attached hydrogens (tertiary/aromatic N) is 1. The van der Waals surface area contributed by atoms with Gasteiger partial charge in [0.05, 0.1) is 29.1 Å². The second-order valence-electron chi connectivity index (χ2n) is 5.46. The second-order valence-corrected chi connectivity index (χ2v) is 5.46. The molecular weight excluding hydrogens is 318 g/mol. The number of anilines is 2. The standard InChI is InChI=1S/C19H23N3O3/c1-3-5-10-21-15-11-14(12-20-13-15)18(23)22-17-9-7-6-8-16(17)19(24)25-4-2/h6-9,11-13,21H,3-5,10H2,1-2H3,(H,22,23). The average Bonchev–Trinajstić information content (AvgIpc) is 2.63. The monoisotopic (exact) mass is 341 g/mol. The van der Waals surface area contributed by atoms with Crippen molar-refractivity contribution in [2.45, 2.75) is 26.7 Å². The van der Waals surface area contributed by atoms with E-state index in [1.54, 1.807) is 43.5 Å². The van der Waals surface area contributed by atoms with Gasteiger partial charge < -0.3 is 15.4 Å². The summed E-state index contributed by atoms with van der Waals surface area (Å²) in [5.74, 6) is -0.796. The van der Waals surface area contributed by atoms with E-state index in [0.29, 0.717) is 16.8 Å². The van der Waals surface area contributed by atoms with Gasteiger partial charge >= 0.3 is 5.97 Å². The van der Waals surface area contributed by atoms with E-state index in [-0.39, 0.29) is 12.5 Å². The predicted molar refractivity (Wildman–Crippen MR) is 98.0 cm³/mol. The van der Waals surface area contributed by atoms with Gasteiger partial charge in [-0.05, 0) is 31.5 Å². The third-order valence-electron chi connectivity index (χ3n) is 3.53. The lowest BCUT2D eigenvalue weighted by Crippen LogP contribution is -2.16. The van der Waals surface area contributed by atoms with Gasteiger partial charge in [0.25, 0.3) is 5.91 Å². The molecule has 0 fully saturated rings. The molecule has 1 aromatic carbocycles. The number of benzene rings is 1. The van der Waals surface area contributed by atoms with Gasteiger partial charge in [-0.15, -0.1) is 0 Å². The molecule has 0 aliphatic heterocycles. The molecule has 1 aromatic heterocycles. The zero-order chi connectivity index (χ0) is 18.1. The second kappa shape index (κ2) is 9.42. The summed E-state index contributed by atoms with van der Waals surface area (Å²) in [5.41, 5.74) is 1.94. The minimum Gasteiger partial charge on any atom is -0.462 e. The van der Waals surface area contributed by atoms with Gasteiger partial charge in [-0.25, -0.2) is 4.79 Å². The van der Waals surface area contributed by atoms with Crippen molar-refractivity contribution in [1.29, 1.82) is 0 Å². The normalized spacial score (nSPS) is 10.2. The molecule has 6 heteroatoms. The lowest BCUT2D eigenvalue weighted by atomic mass is 10.1. The summed E-state index contributed by atoms with van der Waals surface area (Å²) in [6.07, 6.45) is 5.31. The fourth-order valence-corrected chi connectivity index (χ4v) is 2.24. The van der Waals surface area contributed by atoms with E-state index in [4.69, 9.17) is 4.74 Å². The Morgan fingerprint density at radius 1 is 1.16 bits per heavy atom. The summed E-state index contributed by atoms with van der Waals surface area (Å²) in [6, 6.07) is 8.50. The summed E-state index contributed by atoms with van der Waals surface area (Å²) < 4.78 is 5.02. The molecule has 0 atom stereocenters. The van der Waals surface area contributed by atoms with Gasteiger partial charge in [-0.3, -0.25) is 9.78 Å². The third kappa shape index (κ3) is 5.31. The number of rotatable bonds is 8. The Morgan fingerprint density at radius 2 is 1.96 bits per heavy atom. The molecule has 2 rings (SSSR count). The van der Waals surface area contributed by atoms with Crippen LogP contribution in [0.2, 0.25) is 0 Å². The number of hydrogen-bond donors (Lipinski definition) is 2. The number of amides is 1. The largest absolute Gasteiger partial charge is 0.462 e. The van der Waals surface area contributed by atoms with Crippen LogP contribution in [0.5, 0.6) is 0 Å². The zero-order valence-corrected chi connectivity index (χ0v) is 14.5. The maximum absolute atomic E-state index is 12.5. The highest BCUT2D eigenvalue weighted by molar-refractivity contribution is 6.08. The topological polar surface area (TPSA) is 80.3 Å². The van der Waals surface area contributed by atoms with Crippen LogP contribution in [0.15, 0.2) is 42.7 Å². The number of carbonyl (C=O) groups is 2. The van der Waals surface area contributed by atoms with Crippen LogP contribution in [0.25, 0.3) is 0 Å². The molecule has 0 bridgehead atoms.